The molecule has 126 valence electrons. The van der Waals surface area contributed by atoms with E-state index in [1.165, 1.54) is 0 Å². The molecule has 1 unspecified atom stereocenters. The van der Waals surface area contributed by atoms with Crippen LogP contribution in [0, 0.1) is 6.92 Å². The van der Waals surface area contributed by atoms with Gasteiger partial charge in [0.2, 0.25) is 0 Å². The number of carbonyl (C=O) groups excluding carboxylic acids is 1. The number of nitrogens with zero attached hydrogens (tertiary/aromatic N) is 2. The maximum Gasteiger partial charge on any atom is 0.254 e. The number of aromatic nitrogens is 1. The minimum Gasteiger partial charge on any atom is -0.337 e. The topological polar surface area (TPSA) is 59.2 Å². The SMILES string of the molecule is Cc1cc(C(=O)N2CCCC(N)C2)c2ccc(Br)cc2n1.Cl.Cl. The van der Waals surface area contributed by atoms with Crippen molar-refractivity contribution in [3.05, 3.63) is 40.0 Å². The van der Waals surface area contributed by atoms with Gasteiger partial charge in [0.25, 0.3) is 5.91 Å². The number of carbonyl (C=O) groups is 1. The molecule has 2 aromatic rings. The molecule has 0 spiro atoms. The lowest BCUT2D eigenvalue weighted by atomic mass is 10.0. The molecule has 0 radical (unpaired) electrons. The fourth-order valence-electron chi connectivity index (χ4n) is 2.88. The Morgan fingerprint density at radius 1 is 1.35 bits per heavy atom. The first-order chi connectivity index (χ1) is 10.0. The molecule has 7 heteroatoms. The Labute approximate surface area is 156 Å². The van der Waals surface area contributed by atoms with Crippen LogP contribution >= 0.6 is 40.7 Å². The molecule has 3 rings (SSSR count). The predicted octanol–water partition coefficient (Wildman–Crippen LogP) is 3.71. The molecule has 1 aliphatic rings. The van der Waals surface area contributed by atoms with Crippen molar-refractivity contribution in [2.45, 2.75) is 25.8 Å². The zero-order chi connectivity index (χ0) is 15.0. The number of amides is 1. The average molecular weight is 421 g/mol. The summed E-state index contributed by atoms with van der Waals surface area (Å²) in [6.45, 7) is 3.34. The second kappa shape index (κ2) is 8.29. The van der Waals surface area contributed by atoms with Crippen LogP contribution in [-0.2, 0) is 0 Å². The Kier molecular flexibility index (Phi) is 7.27. The second-order valence-corrected chi connectivity index (χ2v) is 6.54. The highest BCUT2D eigenvalue weighted by Crippen LogP contribution is 2.24. The van der Waals surface area contributed by atoms with E-state index < -0.39 is 0 Å². The van der Waals surface area contributed by atoms with Gasteiger partial charge in [-0.05, 0) is 38.0 Å². The summed E-state index contributed by atoms with van der Waals surface area (Å²) in [5.41, 5.74) is 8.41. The molecule has 23 heavy (non-hydrogen) atoms. The monoisotopic (exact) mass is 419 g/mol. The van der Waals surface area contributed by atoms with E-state index in [4.69, 9.17) is 5.73 Å². The Balaban J connectivity index is 0.00000132. The Morgan fingerprint density at radius 3 is 2.78 bits per heavy atom. The van der Waals surface area contributed by atoms with Crippen molar-refractivity contribution >= 4 is 57.6 Å². The highest BCUT2D eigenvalue weighted by atomic mass is 79.9. The van der Waals surface area contributed by atoms with Gasteiger partial charge in [0.1, 0.15) is 0 Å². The summed E-state index contributed by atoms with van der Waals surface area (Å²) in [4.78, 5) is 19.2. The molecule has 1 atom stereocenters. The van der Waals surface area contributed by atoms with E-state index in [-0.39, 0.29) is 36.8 Å². The van der Waals surface area contributed by atoms with E-state index in [2.05, 4.69) is 20.9 Å². The van der Waals surface area contributed by atoms with Crippen molar-refractivity contribution in [2.75, 3.05) is 13.1 Å². The zero-order valence-corrected chi connectivity index (χ0v) is 16.0. The summed E-state index contributed by atoms with van der Waals surface area (Å²) in [5, 5.41) is 0.896. The summed E-state index contributed by atoms with van der Waals surface area (Å²) >= 11 is 3.45. The molecule has 0 saturated carbocycles. The maximum absolute atomic E-state index is 12.8. The van der Waals surface area contributed by atoms with Crippen molar-refractivity contribution in [2.24, 2.45) is 5.73 Å². The molecule has 1 fully saturated rings. The van der Waals surface area contributed by atoms with Crippen molar-refractivity contribution in [3.8, 4) is 0 Å². The molecule has 2 heterocycles. The summed E-state index contributed by atoms with van der Waals surface area (Å²) < 4.78 is 0.964. The highest BCUT2D eigenvalue weighted by Gasteiger charge is 2.24. The average Bonchev–Trinajstić information content (AvgIpc) is 2.45. The molecule has 1 aromatic heterocycles. The summed E-state index contributed by atoms with van der Waals surface area (Å²) in [6, 6.07) is 7.80. The second-order valence-electron chi connectivity index (χ2n) is 5.63. The summed E-state index contributed by atoms with van der Waals surface area (Å²) in [7, 11) is 0. The van der Waals surface area contributed by atoms with E-state index in [9.17, 15) is 4.79 Å². The number of halogens is 3. The predicted molar refractivity (Wildman–Crippen MR) is 102 cm³/mol. The smallest absolute Gasteiger partial charge is 0.254 e. The number of aryl methyl sites for hydroxylation is 1. The third-order valence-electron chi connectivity index (χ3n) is 3.88. The van der Waals surface area contributed by atoms with E-state index >= 15 is 0 Å². The first kappa shape index (κ1) is 20.2. The third-order valence-corrected chi connectivity index (χ3v) is 4.37. The van der Waals surface area contributed by atoms with Gasteiger partial charge in [-0.15, -0.1) is 24.8 Å². The fourth-order valence-corrected chi connectivity index (χ4v) is 3.22. The van der Waals surface area contributed by atoms with Crippen LogP contribution in [0.1, 0.15) is 28.9 Å². The number of pyridine rings is 1. The van der Waals surface area contributed by atoms with Crippen LogP contribution < -0.4 is 5.73 Å². The molecular weight excluding hydrogens is 401 g/mol. The van der Waals surface area contributed by atoms with Crippen molar-refractivity contribution < 1.29 is 4.79 Å². The number of benzene rings is 1. The maximum atomic E-state index is 12.8. The van der Waals surface area contributed by atoms with E-state index in [0.717, 1.165) is 46.0 Å². The molecular formula is C16H20BrCl2N3O. The van der Waals surface area contributed by atoms with Crippen LogP contribution in [0.3, 0.4) is 0 Å². The molecule has 4 nitrogen and oxygen atoms in total. The van der Waals surface area contributed by atoms with Crippen LogP contribution in [-0.4, -0.2) is 34.9 Å². The molecule has 1 amide bonds. The van der Waals surface area contributed by atoms with E-state index in [1.807, 2.05) is 36.1 Å². The van der Waals surface area contributed by atoms with Gasteiger partial charge in [-0.25, -0.2) is 0 Å². The Hall–Kier alpha value is -0.880. The zero-order valence-electron chi connectivity index (χ0n) is 12.8. The lowest BCUT2D eigenvalue weighted by Gasteiger charge is -2.31. The van der Waals surface area contributed by atoms with Gasteiger partial charge >= 0.3 is 0 Å². The van der Waals surface area contributed by atoms with Crippen LogP contribution in [0.25, 0.3) is 10.9 Å². The fraction of sp³-hybridized carbons (Fsp3) is 0.375. The number of hydrogen-bond acceptors (Lipinski definition) is 3. The standard InChI is InChI=1S/C16H18BrN3O.2ClH/c1-10-7-14(13-5-4-11(17)8-15(13)19-10)16(21)20-6-2-3-12(18)9-20;;/h4-5,7-8,12H,2-3,6,9,18H2,1H3;2*1H. The molecule has 2 N–H and O–H groups in total. The minimum absolute atomic E-state index is 0. The Bertz CT molecular complexity index is 706. The van der Waals surface area contributed by atoms with Crippen LogP contribution in [0.15, 0.2) is 28.7 Å². The molecule has 0 bridgehead atoms. The number of hydrogen-bond donors (Lipinski definition) is 1. The number of likely N-dealkylation sites (tertiary alicyclic amines) is 1. The molecule has 1 aromatic carbocycles. The normalized spacial score (nSPS) is 17.3. The molecule has 1 aliphatic heterocycles. The number of rotatable bonds is 1. The number of nitrogens with two attached hydrogens (primary N) is 1. The quantitative estimate of drug-likeness (QED) is 0.764. The van der Waals surface area contributed by atoms with Gasteiger partial charge in [0, 0.05) is 34.7 Å². The lowest BCUT2D eigenvalue weighted by Crippen LogP contribution is -2.45. The number of fused-ring (bicyclic) bond motifs is 1. The minimum atomic E-state index is 0. The molecule has 1 saturated heterocycles. The van der Waals surface area contributed by atoms with Crippen molar-refractivity contribution in [1.29, 1.82) is 0 Å². The van der Waals surface area contributed by atoms with Crippen molar-refractivity contribution in [1.82, 2.24) is 9.88 Å². The van der Waals surface area contributed by atoms with Gasteiger partial charge in [-0.2, -0.15) is 0 Å². The summed E-state index contributed by atoms with van der Waals surface area (Å²) in [6.07, 6.45) is 1.97. The lowest BCUT2D eigenvalue weighted by molar-refractivity contribution is 0.0710. The largest absolute Gasteiger partial charge is 0.337 e. The van der Waals surface area contributed by atoms with Crippen LogP contribution in [0.5, 0.6) is 0 Å². The van der Waals surface area contributed by atoms with Gasteiger partial charge in [0.15, 0.2) is 0 Å². The van der Waals surface area contributed by atoms with E-state index in [0.29, 0.717) is 6.54 Å². The van der Waals surface area contributed by atoms with Gasteiger partial charge in [-0.3, -0.25) is 9.78 Å². The highest BCUT2D eigenvalue weighted by molar-refractivity contribution is 9.10. The first-order valence-electron chi connectivity index (χ1n) is 7.16. The van der Waals surface area contributed by atoms with Crippen LogP contribution in [0.4, 0.5) is 0 Å². The van der Waals surface area contributed by atoms with Gasteiger partial charge < -0.3 is 10.6 Å². The summed E-state index contributed by atoms with van der Waals surface area (Å²) in [5.74, 6) is 0.0583. The number of piperidine rings is 1. The van der Waals surface area contributed by atoms with Gasteiger partial charge in [0.05, 0.1) is 11.1 Å². The van der Waals surface area contributed by atoms with E-state index in [1.54, 1.807) is 0 Å². The third kappa shape index (κ3) is 4.35. The molecule has 0 aliphatic carbocycles. The Morgan fingerprint density at radius 2 is 2.09 bits per heavy atom. The van der Waals surface area contributed by atoms with Crippen molar-refractivity contribution in [3.63, 3.8) is 0 Å². The first-order valence-corrected chi connectivity index (χ1v) is 7.95. The van der Waals surface area contributed by atoms with Crippen LogP contribution in [0.2, 0.25) is 0 Å². The van der Waals surface area contributed by atoms with Gasteiger partial charge in [-0.1, -0.05) is 22.0 Å².